The molecule has 12 aromatic rings. The second-order valence-corrected chi connectivity index (χ2v) is 21.4. The van der Waals surface area contributed by atoms with Gasteiger partial charge in [0.05, 0.1) is 11.0 Å². The largest absolute Gasteiger partial charge is 0.309 e. The summed E-state index contributed by atoms with van der Waals surface area (Å²) >= 11 is 3.89. The van der Waals surface area contributed by atoms with Crippen LogP contribution in [-0.2, 0) is 10.8 Å². The van der Waals surface area contributed by atoms with Crippen molar-refractivity contribution in [1.29, 1.82) is 0 Å². The lowest BCUT2D eigenvalue weighted by Gasteiger charge is -2.29. The first-order valence-electron chi connectivity index (χ1n) is 22.4. The second-order valence-electron chi connectivity index (χ2n) is 19.3. The van der Waals surface area contributed by atoms with Crippen molar-refractivity contribution in [3.63, 3.8) is 0 Å². The van der Waals surface area contributed by atoms with E-state index >= 15 is 0 Å². The molecule has 0 saturated carbocycles. The predicted molar refractivity (Wildman–Crippen MR) is 279 cm³/mol. The van der Waals surface area contributed by atoms with E-state index in [-0.39, 0.29) is 10.8 Å². The van der Waals surface area contributed by atoms with Gasteiger partial charge in [0.2, 0.25) is 0 Å². The summed E-state index contributed by atoms with van der Waals surface area (Å²) in [7, 11) is 0. The van der Waals surface area contributed by atoms with E-state index in [1.807, 2.05) is 22.7 Å². The van der Waals surface area contributed by atoms with Gasteiger partial charge < -0.3 is 4.57 Å². The first kappa shape index (κ1) is 37.7. The van der Waals surface area contributed by atoms with Crippen LogP contribution in [0.25, 0.3) is 112 Å². The van der Waals surface area contributed by atoms with Crippen molar-refractivity contribution in [3.05, 3.63) is 199 Å². The Bertz CT molecular complexity index is 3870. The van der Waals surface area contributed by atoms with E-state index < -0.39 is 0 Å². The molecule has 0 spiro atoms. The number of rotatable bonds is 4. The Morgan fingerprint density at radius 3 is 1.66 bits per heavy atom. The lowest BCUT2D eigenvalue weighted by atomic mass is 9.74. The predicted octanol–water partition coefficient (Wildman–Crippen LogP) is 18.1. The van der Waals surface area contributed by atoms with Gasteiger partial charge in [-0.1, -0.05) is 162 Å². The van der Waals surface area contributed by atoms with Crippen molar-refractivity contribution in [3.8, 4) is 50.2 Å². The average Bonchev–Trinajstić information content (AvgIpc) is 3.99. The van der Waals surface area contributed by atoms with Gasteiger partial charge in [-0.25, -0.2) is 0 Å². The van der Waals surface area contributed by atoms with Gasteiger partial charge in [-0.05, 0) is 121 Å². The summed E-state index contributed by atoms with van der Waals surface area (Å²) in [6, 6.07) is 68.6. The number of benzene rings is 9. The molecule has 0 atom stereocenters. The Morgan fingerprint density at radius 2 is 0.953 bits per heavy atom. The normalized spacial score (nSPS) is 13.5. The Morgan fingerprint density at radius 1 is 0.391 bits per heavy atom. The monoisotopic (exact) mass is 855 g/mol. The lowest BCUT2D eigenvalue weighted by Crippen LogP contribution is -2.20. The van der Waals surface area contributed by atoms with Crippen LogP contribution in [0.5, 0.6) is 0 Å². The third-order valence-electron chi connectivity index (χ3n) is 14.1. The fraction of sp³-hybridized carbons (Fsp3) is 0.115. The fourth-order valence-corrected chi connectivity index (χ4v) is 13.6. The van der Waals surface area contributed by atoms with Crippen molar-refractivity contribution in [2.45, 2.75) is 45.4 Å². The highest BCUT2D eigenvalue weighted by molar-refractivity contribution is 7.28. The summed E-state index contributed by atoms with van der Waals surface area (Å²) in [4.78, 5) is 0. The molecule has 0 fully saturated rings. The highest BCUT2D eigenvalue weighted by atomic mass is 32.1. The second kappa shape index (κ2) is 13.6. The molecule has 0 unspecified atom stereocenters. The van der Waals surface area contributed by atoms with Gasteiger partial charge in [-0.3, -0.25) is 0 Å². The molecular weight excluding hydrogens is 811 g/mol. The zero-order chi connectivity index (χ0) is 43.1. The number of thiophene rings is 2. The molecule has 64 heavy (non-hydrogen) atoms. The van der Waals surface area contributed by atoms with Crippen molar-refractivity contribution >= 4 is 84.8 Å². The van der Waals surface area contributed by atoms with E-state index in [4.69, 9.17) is 0 Å². The molecule has 1 aliphatic rings. The van der Waals surface area contributed by atoms with Crippen molar-refractivity contribution in [1.82, 2.24) is 4.57 Å². The summed E-state index contributed by atoms with van der Waals surface area (Å²) in [5.74, 6) is 0. The third-order valence-corrected chi connectivity index (χ3v) is 16.2. The van der Waals surface area contributed by atoms with E-state index in [9.17, 15) is 0 Å². The molecule has 1 nitrogen and oxygen atoms in total. The molecule has 3 aromatic heterocycles. The molecule has 3 heterocycles. The zero-order valence-electron chi connectivity index (χ0n) is 36.6. The van der Waals surface area contributed by atoms with E-state index in [0.717, 1.165) is 0 Å². The molecule has 13 rings (SSSR count). The van der Waals surface area contributed by atoms with Crippen molar-refractivity contribution in [2.75, 3.05) is 0 Å². The van der Waals surface area contributed by atoms with Gasteiger partial charge in [0.25, 0.3) is 0 Å². The minimum absolute atomic E-state index is 0.131. The summed E-state index contributed by atoms with van der Waals surface area (Å²) < 4.78 is 7.88. The quantitative estimate of drug-likeness (QED) is 0.166. The lowest BCUT2D eigenvalue weighted by molar-refractivity contribution is 0.602. The van der Waals surface area contributed by atoms with Crippen LogP contribution in [0.3, 0.4) is 0 Å². The zero-order valence-corrected chi connectivity index (χ0v) is 38.2. The molecule has 1 aliphatic carbocycles. The molecule has 0 saturated heterocycles. The molecule has 2 bridgehead atoms. The maximum absolute atomic E-state index is 2.51. The van der Waals surface area contributed by atoms with E-state index in [1.54, 1.807) is 0 Å². The Hall–Kier alpha value is -6.78. The number of hydrogen-bond donors (Lipinski definition) is 0. The molecule has 0 radical (unpaired) electrons. The van der Waals surface area contributed by atoms with Crippen LogP contribution in [-0.4, -0.2) is 4.57 Å². The molecule has 0 N–H and O–H groups in total. The highest BCUT2D eigenvalue weighted by Gasteiger charge is 2.32. The summed E-state index contributed by atoms with van der Waals surface area (Å²) in [6.45, 7) is 12.0. The van der Waals surface area contributed by atoms with E-state index in [1.165, 1.54) is 129 Å². The van der Waals surface area contributed by atoms with E-state index in [0.29, 0.717) is 0 Å². The maximum Gasteiger partial charge on any atom is 0.0553 e. The third kappa shape index (κ3) is 5.41. The van der Waals surface area contributed by atoms with Crippen LogP contribution in [0, 0.1) is 0 Å². The molecule has 306 valence electrons. The molecule has 3 heteroatoms. The number of nitrogens with zero attached hydrogens (tertiary/aromatic N) is 1. The van der Waals surface area contributed by atoms with Gasteiger partial charge in [-0.2, -0.15) is 0 Å². The Kier molecular flexibility index (Phi) is 8.03. The number of aromatic nitrogens is 1. The van der Waals surface area contributed by atoms with Crippen LogP contribution in [0.15, 0.2) is 182 Å². The van der Waals surface area contributed by atoms with Crippen LogP contribution in [0.4, 0.5) is 0 Å². The Labute approximate surface area is 381 Å². The number of fused-ring (bicyclic) bond motifs is 9. The van der Waals surface area contributed by atoms with Gasteiger partial charge >= 0.3 is 0 Å². The summed E-state index contributed by atoms with van der Waals surface area (Å²) in [5, 5.41) is 8.19. The molecule has 0 aliphatic heterocycles. The topological polar surface area (TPSA) is 4.93 Å². The van der Waals surface area contributed by atoms with Crippen LogP contribution in [0.1, 0.15) is 51.3 Å². The van der Waals surface area contributed by atoms with Gasteiger partial charge in [0, 0.05) is 62.2 Å². The van der Waals surface area contributed by atoms with Gasteiger partial charge in [0.15, 0.2) is 0 Å². The maximum atomic E-state index is 2.51. The summed E-state index contributed by atoms with van der Waals surface area (Å²) in [5.41, 5.74) is 17.6. The molecule has 0 amide bonds. The number of para-hydroxylation sites is 1. The van der Waals surface area contributed by atoms with Gasteiger partial charge in [-0.15, -0.1) is 22.7 Å². The van der Waals surface area contributed by atoms with Crippen LogP contribution in [0.2, 0.25) is 0 Å². The van der Waals surface area contributed by atoms with Crippen LogP contribution < -0.4 is 0 Å². The van der Waals surface area contributed by atoms with Crippen molar-refractivity contribution < 1.29 is 0 Å². The fourth-order valence-electron chi connectivity index (χ4n) is 11.2. The minimum atomic E-state index is -0.172. The number of hydrogen-bond acceptors (Lipinski definition) is 2. The molecular formula is C61H45NS2. The smallest absolute Gasteiger partial charge is 0.0553 e. The standard InChI is InChI=1S/C61H45NS2/c1-60(2,3)59-57-51(63-49-29-16-26-43(54(49)57)36-18-9-6-10-19-36)35-52-58(59)55-44(37-20-11-7-12-21-37)32-40(34-50(55)64-52)39-31-45-38-22-15-23-41(30-38)61(4,5)46-27-17-28-47-56(46)53(45)48(33-39)62(47)42-24-13-8-14-25-42/h6-35H,1-5H3. The SMILES string of the molecule is CC(C)(C)c1c2c(cc3sc4cc(-c5cc6c7c8c(cccc8n(-c8ccccc8)c7c5)C(C)(C)c5cccc-6c5)cc(-c5ccccc5)c4c13)sc1cccc(-c3ccccc3)c12. The highest BCUT2D eigenvalue weighted by Crippen LogP contribution is 2.54. The minimum Gasteiger partial charge on any atom is -0.309 e. The Balaban J connectivity index is 1.16. The average molecular weight is 856 g/mol. The first-order valence-corrected chi connectivity index (χ1v) is 24.0. The first-order chi connectivity index (χ1) is 31.1. The summed E-state index contributed by atoms with van der Waals surface area (Å²) in [6.07, 6.45) is 0. The molecule has 9 aromatic carbocycles. The van der Waals surface area contributed by atoms with Gasteiger partial charge in [0.1, 0.15) is 0 Å². The van der Waals surface area contributed by atoms with E-state index in [2.05, 4.69) is 221 Å². The van der Waals surface area contributed by atoms with Crippen LogP contribution >= 0.6 is 22.7 Å². The van der Waals surface area contributed by atoms with Crippen molar-refractivity contribution in [2.24, 2.45) is 0 Å².